The first kappa shape index (κ1) is 16.0. The highest BCUT2D eigenvalue weighted by molar-refractivity contribution is 5.28. The fourth-order valence-corrected chi connectivity index (χ4v) is 1.54. The van der Waals surface area contributed by atoms with Gasteiger partial charge in [-0.25, -0.2) is 0 Å². The summed E-state index contributed by atoms with van der Waals surface area (Å²) in [5, 5.41) is 0. The monoisotopic (exact) mass is 268 g/mol. The molecule has 4 nitrogen and oxygen atoms in total. The van der Waals surface area contributed by atoms with Crippen molar-refractivity contribution in [1.29, 1.82) is 0 Å². The van der Waals surface area contributed by atoms with Crippen LogP contribution in [-0.4, -0.2) is 46.8 Å². The Morgan fingerprint density at radius 2 is 1.58 bits per heavy atom. The molecule has 4 heteroatoms. The minimum absolute atomic E-state index is 0.561. The lowest BCUT2D eigenvalue weighted by Crippen LogP contribution is -2.12. The lowest BCUT2D eigenvalue weighted by atomic mass is 10.2. The maximum atomic E-state index is 5.61. The molecule has 108 valence electrons. The summed E-state index contributed by atoms with van der Waals surface area (Å²) in [5.41, 5.74) is 1.28. The quantitative estimate of drug-likeness (QED) is 0.577. The summed E-state index contributed by atoms with van der Waals surface area (Å²) in [5.74, 6) is 0.902. The number of aryl methyl sites for hydroxylation is 1. The van der Waals surface area contributed by atoms with Crippen molar-refractivity contribution in [2.75, 3.05) is 46.8 Å². The van der Waals surface area contributed by atoms with Crippen LogP contribution >= 0.6 is 0 Å². The van der Waals surface area contributed by atoms with Crippen LogP contribution in [0.1, 0.15) is 12.5 Å². The molecular weight excluding hydrogens is 244 g/mol. The molecule has 0 amide bonds. The molecule has 0 fully saturated rings. The van der Waals surface area contributed by atoms with Gasteiger partial charge < -0.3 is 18.9 Å². The van der Waals surface area contributed by atoms with E-state index >= 15 is 0 Å². The highest BCUT2D eigenvalue weighted by atomic mass is 16.6. The second kappa shape index (κ2) is 10.8. The Balaban J connectivity index is 1.98. The summed E-state index contributed by atoms with van der Waals surface area (Å²) in [6.07, 6.45) is 1.02. The van der Waals surface area contributed by atoms with E-state index in [1.54, 1.807) is 7.11 Å². The minimum atomic E-state index is 0.561. The predicted octanol–water partition coefficient (Wildman–Crippen LogP) is 2.31. The van der Waals surface area contributed by atoms with Crippen LogP contribution in [0.15, 0.2) is 24.3 Å². The summed E-state index contributed by atoms with van der Waals surface area (Å²) in [6, 6.07) is 8.14. The van der Waals surface area contributed by atoms with Crippen LogP contribution < -0.4 is 4.74 Å². The van der Waals surface area contributed by atoms with E-state index in [4.69, 9.17) is 18.9 Å². The zero-order chi connectivity index (χ0) is 13.8. The summed E-state index contributed by atoms with van der Waals surface area (Å²) >= 11 is 0. The van der Waals surface area contributed by atoms with Gasteiger partial charge in [0, 0.05) is 7.11 Å². The van der Waals surface area contributed by atoms with Gasteiger partial charge in [-0.2, -0.15) is 0 Å². The zero-order valence-corrected chi connectivity index (χ0v) is 11.9. The molecule has 0 saturated heterocycles. The molecule has 0 aliphatic rings. The molecule has 0 aliphatic carbocycles. The molecule has 0 spiro atoms. The second-order valence-electron chi connectivity index (χ2n) is 4.07. The molecule has 19 heavy (non-hydrogen) atoms. The van der Waals surface area contributed by atoms with Crippen LogP contribution in [0, 0.1) is 0 Å². The molecule has 0 saturated carbocycles. The molecule has 0 heterocycles. The third kappa shape index (κ3) is 7.82. The first-order valence-electron chi connectivity index (χ1n) is 6.73. The van der Waals surface area contributed by atoms with Gasteiger partial charge >= 0.3 is 0 Å². The van der Waals surface area contributed by atoms with E-state index in [1.807, 2.05) is 12.1 Å². The van der Waals surface area contributed by atoms with Crippen LogP contribution in [-0.2, 0) is 20.6 Å². The predicted molar refractivity (Wildman–Crippen MR) is 74.8 cm³/mol. The largest absolute Gasteiger partial charge is 0.491 e. The molecule has 0 radical (unpaired) electrons. The SMILES string of the molecule is CCc1cccc(OCCOCCOCCOC)c1. The number of hydrogen-bond donors (Lipinski definition) is 0. The summed E-state index contributed by atoms with van der Waals surface area (Å²) < 4.78 is 21.2. The van der Waals surface area contributed by atoms with Gasteiger partial charge in [-0.3, -0.25) is 0 Å². The van der Waals surface area contributed by atoms with E-state index in [-0.39, 0.29) is 0 Å². The van der Waals surface area contributed by atoms with Crippen molar-refractivity contribution >= 4 is 0 Å². The molecule has 0 atom stereocenters. The zero-order valence-electron chi connectivity index (χ0n) is 11.9. The fraction of sp³-hybridized carbons (Fsp3) is 0.600. The van der Waals surface area contributed by atoms with E-state index in [9.17, 15) is 0 Å². The van der Waals surface area contributed by atoms with Crippen LogP contribution in [0.2, 0.25) is 0 Å². The third-order valence-corrected chi connectivity index (χ3v) is 2.61. The number of hydrogen-bond acceptors (Lipinski definition) is 4. The standard InChI is InChI=1S/C15H24O4/c1-3-14-5-4-6-15(13-14)19-12-11-18-10-9-17-8-7-16-2/h4-6,13H,3,7-12H2,1-2H3. The van der Waals surface area contributed by atoms with Crippen molar-refractivity contribution in [2.45, 2.75) is 13.3 Å². The number of rotatable bonds is 11. The van der Waals surface area contributed by atoms with Crippen molar-refractivity contribution in [2.24, 2.45) is 0 Å². The summed E-state index contributed by atoms with van der Waals surface area (Å²) in [7, 11) is 1.66. The highest BCUT2D eigenvalue weighted by Gasteiger charge is 1.96. The van der Waals surface area contributed by atoms with Gasteiger partial charge in [0.2, 0.25) is 0 Å². The van der Waals surface area contributed by atoms with E-state index in [0.29, 0.717) is 39.6 Å². The highest BCUT2D eigenvalue weighted by Crippen LogP contribution is 2.13. The van der Waals surface area contributed by atoms with E-state index < -0.39 is 0 Å². The van der Waals surface area contributed by atoms with E-state index in [0.717, 1.165) is 12.2 Å². The summed E-state index contributed by atoms with van der Waals surface area (Å²) in [4.78, 5) is 0. The lowest BCUT2D eigenvalue weighted by molar-refractivity contribution is 0.0179. The van der Waals surface area contributed by atoms with Gasteiger partial charge in [0.25, 0.3) is 0 Å². The Morgan fingerprint density at radius 3 is 2.26 bits per heavy atom. The molecular formula is C15H24O4. The van der Waals surface area contributed by atoms with Crippen molar-refractivity contribution in [3.8, 4) is 5.75 Å². The Labute approximate surface area is 115 Å². The van der Waals surface area contributed by atoms with E-state index in [1.165, 1.54) is 5.56 Å². The molecule has 0 aromatic heterocycles. The van der Waals surface area contributed by atoms with Gasteiger partial charge in [0.1, 0.15) is 12.4 Å². The van der Waals surface area contributed by atoms with Gasteiger partial charge in [-0.05, 0) is 24.1 Å². The second-order valence-corrected chi connectivity index (χ2v) is 4.07. The average molecular weight is 268 g/mol. The maximum Gasteiger partial charge on any atom is 0.119 e. The van der Waals surface area contributed by atoms with Gasteiger partial charge in [0.05, 0.1) is 33.0 Å². The molecule has 0 aliphatic heterocycles. The first-order valence-corrected chi connectivity index (χ1v) is 6.73. The number of ether oxygens (including phenoxy) is 4. The lowest BCUT2D eigenvalue weighted by Gasteiger charge is -2.08. The topological polar surface area (TPSA) is 36.9 Å². The number of methoxy groups -OCH3 is 1. The minimum Gasteiger partial charge on any atom is -0.491 e. The summed E-state index contributed by atoms with van der Waals surface area (Å²) in [6.45, 7) is 5.68. The molecule has 1 aromatic carbocycles. The third-order valence-electron chi connectivity index (χ3n) is 2.61. The van der Waals surface area contributed by atoms with Crippen LogP contribution in [0.5, 0.6) is 5.75 Å². The Hall–Kier alpha value is -1.10. The first-order chi connectivity index (χ1) is 9.36. The van der Waals surface area contributed by atoms with Crippen molar-refractivity contribution in [3.63, 3.8) is 0 Å². The van der Waals surface area contributed by atoms with Gasteiger partial charge in [-0.1, -0.05) is 19.1 Å². The molecule has 0 N–H and O–H groups in total. The Bertz CT molecular complexity index is 328. The van der Waals surface area contributed by atoms with Crippen molar-refractivity contribution in [3.05, 3.63) is 29.8 Å². The van der Waals surface area contributed by atoms with E-state index in [2.05, 4.69) is 19.1 Å². The Kier molecular flexibility index (Phi) is 9.06. The van der Waals surface area contributed by atoms with Crippen LogP contribution in [0.3, 0.4) is 0 Å². The normalized spacial score (nSPS) is 10.6. The molecule has 1 aromatic rings. The van der Waals surface area contributed by atoms with Crippen molar-refractivity contribution in [1.82, 2.24) is 0 Å². The average Bonchev–Trinajstić information content (AvgIpc) is 2.46. The van der Waals surface area contributed by atoms with Gasteiger partial charge in [0.15, 0.2) is 0 Å². The Morgan fingerprint density at radius 1 is 0.895 bits per heavy atom. The number of benzene rings is 1. The van der Waals surface area contributed by atoms with Crippen molar-refractivity contribution < 1.29 is 18.9 Å². The van der Waals surface area contributed by atoms with Crippen LogP contribution in [0.4, 0.5) is 0 Å². The van der Waals surface area contributed by atoms with Gasteiger partial charge in [-0.15, -0.1) is 0 Å². The molecule has 0 unspecified atom stereocenters. The fourth-order valence-electron chi connectivity index (χ4n) is 1.54. The smallest absolute Gasteiger partial charge is 0.119 e. The van der Waals surface area contributed by atoms with Crippen LogP contribution in [0.25, 0.3) is 0 Å². The maximum absolute atomic E-state index is 5.61. The molecule has 1 rings (SSSR count). The molecule has 0 bridgehead atoms.